The molecule has 0 aromatic heterocycles. The van der Waals surface area contributed by atoms with Crippen molar-refractivity contribution in [2.24, 2.45) is 11.3 Å². The fraction of sp³-hybridized carbons (Fsp3) is 0.500. The van der Waals surface area contributed by atoms with Crippen LogP contribution in [-0.4, -0.2) is 50.0 Å². The number of benzene rings is 2. The normalized spacial score (nSPS) is 23.3. The van der Waals surface area contributed by atoms with E-state index in [0.717, 1.165) is 39.1 Å². The van der Waals surface area contributed by atoms with Crippen molar-refractivity contribution in [1.29, 1.82) is 0 Å². The van der Waals surface area contributed by atoms with E-state index in [1.165, 1.54) is 17.5 Å². The highest BCUT2D eigenvalue weighted by Gasteiger charge is 2.56. The van der Waals surface area contributed by atoms with Gasteiger partial charge in [-0.1, -0.05) is 60.7 Å². The minimum Gasteiger partial charge on any atom is -0.396 e. The van der Waals surface area contributed by atoms with Gasteiger partial charge in [-0.2, -0.15) is 0 Å². The Morgan fingerprint density at radius 1 is 0.963 bits per heavy atom. The van der Waals surface area contributed by atoms with Crippen molar-refractivity contribution >= 4 is 0 Å². The highest BCUT2D eigenvalue weighted by Crippen LogP contribution is 2.59. The van der Waals surface area contributed by atoms with Crippen LogP contribution in [0.2, 0.25) is 0 Å². The predicted octanol–water partition coefficient (Wildman–Crippen LogP) is 3.71. The average molecular weight is 366 g/mol. The SMILES string of the molecule is CN(C[C@H]1CC1(c1ccccc1)c1ccccc1)CC1(CO)CCOCC1. The number of hydrogen-bond acceptors (Lipinski definition) is 3. The summed E-state index contributed by atoms with van der Waals surface area (Å²) in [5.41, 5.74) is 3.00. The van der Waals surface area contributed by atoms with Gasteiger partial charge in [-0.15, -0.1) is 0 Å². The second-order valence-corrected chi connectivity index (χ2v) is 8.57. The van der Waals surface area contributed by atoms with Gasteiger partial charge >= 0.3 is 0 Å². The van der Waals surface area contributed by atoms with Gasteiger partial charge in [0.25, 0.3) is 0 Å². The van der Waals surface area contributed by atoms with E-state index < -0.39 is 0 Å². The molecule has 1 aliphatic carbocycles. The lowest BCUT2D eigenvalue weighted by molar-refractivity contribution is -0.0314. The second kappa shape index (κ2) is 7.75. The molecule has 2 aromatic carbocycles. The zero-order valence-corrected chi connectivity index (χ0v) is 16.3. The number of aliphatic hydroxyl groups excluding tert-OH is 1. The summed E-state index contributed by atoms with van der Waals surface area (Å²) in [7, 11) is 2.21. The standard InChI is InChI=1S/C24H31NO2/c1-25(18-23(19-26)12-14-27-15-13-23)17-22-16-24(22,20-8-4-2-5-9-20)21-10-6-3-7-11-21/h2-11,22,26H,12-19H2,1H3/t22-/m1/s1. The molecule has 1 heterocycles. The second-order valence-electron chi connectivity index (χ2n) is 8.57. The van der Waals surface area contributed by atoms with E-state index in [0.29, 0.717) is 5.92 Å². The third kappa shape index (κ3) is 3.69. The number of ether oxygens (including phenoxy) is 1. The highest BCUT2D eigenvalue weighted by atomic mass is 16.5. The summed E-state index contributed by atoms with van der Waals surface area (Å²) in [6, 6.07) is 21.9. The zero-order valence-electron chi connectivity index (χ0n) is 16.3. The third-order valence-electron chi connectivity index (χ3n) is 6.71. The third-order valence-corrected chi connectivity index (χ3v) is 6.71. The maximum Gasteiger partial charge on any atom is 0.0501 e. The fourth-order valence-corrected chi connectivity index (χ4v) is 5.08. The van der Waals surface area contributed by atoms with Crippen LogP contribution >= 0.6 is 0 Å². The highest BCUT2D eigenvalue weighted by molar-refractivity contribution is 5.47. The first-order valence-electron chi connectivity index (χ1n) is 10.2. The molecule has 0 unspecified atom stereocenters. The van der Waals surface area contributed by atoms with Crippen LogP contribution in [0.5, 0.6) is 0 Å². The van der Waals surface area contributed by atoms with Gasteiger partial charge in [0.2, 0.25) is 0 Å². The summed E-state index contributed by atoms with van der Waals surface area (Å²) in [4.78, 5) is 2.44. The van der Waals surface area contributed by atoms with Gasteiger partial charge in [-0.05, 0) is 43.4 Å². The molecule has 1 saturated carbocycles. The Bertz CT molecular complexity index is 685. The van der Waals surface area contributed by atoms with Crippen molar-refractivity contribution in [2.45, 2.75) is 24.7 Å². The largest absolute Gasteiger partial charge is 0.396 e. The first kappa shape index (κ1) is 18.7. The average Bonchev–Trinajstić information content (AvgIpc) is 3.44. The maximum absolute atomic E-state index is 10.0. The molecule has 144 valence electrons. The van der Waals surface area contributed by atoms with Crippen molar-refractivity contribution in [3.63, 3.8) is 0 Å². The van der Waals surface area contributed by atoms with Gasteiger partial charge in [-0.25, -0.2) is 0 Å². The number of rotatable bonds is 7. The quantitative estimate of drug-likeness (QED) is 0.812. The van der Waals surface area contributed by atoms with Crippen LogP contribution in [0, 0.1) is 11.3 Å². The minimum atomic E-state index is 0.00401. The Morgan fingerprint density at radius 3 is 2.04 bits per heavy atom. The molecule has 1 saturated heterocycles. The summed E-state index contributed by atoms with van der Waals surface area (Å²) in [5, 5.41) is 10.0. The van der Waals surface area contributed by atoms with E-state index in [4.69, 9.17) is 4.74 Å². The van der Waals surface area contributed by atoms with Crippen LogP contribution in [0.1, 0.15) is 30.4 Å². The van der Waals surface area contributed by atoms with E-state index in [-0.39, 0.29) is 17.4 Å². The Morgan fingerprint density at radius 2 is 1.52 bits per heavy atom. The summed E-state index contributed by atoms with van der Waals surface area (Å²) in [6.07, 6.45) is 3.11. The topological polar surface area (TPSA) is 32.7 Å². The van der Waals surface area contributed by atoms with Gasteiger partial charge in [0, 0.05) is 37.1 Å². The summed E-state index contributed by atoms with van der Waals surface area (Å²) in [5.74, 6) is 0.614. The minimum absolute atomic E-state index is 0.00401. The lowest BCUT2D eigenvalue weighted by Gasteiger charge is -2.38. The molecule has 3 heteroatoms. The molecule has 0 spiro atoms. The van der Waals surface area contributed by atoms with Crippen molar-refractivity contribution in [3.05, 3.63) is 71.8 Å². The van der Waals surface area contributed by atoms with Gasteiger partial charge in [0.1, 0.15) is 0 Å². The lowest BCUT2D eigenvalue weighted by Crippen LogP contribution is -2.43. The first-order valence-corrected chi connectivity index (χ1v) is 10.2. The molecule has 1 aliphatic heterocycles. The smallest absolute Gasteiger partial charge is 0.0501 e. The van der Waals surface area contributed by atoms with Crippen LogP contribution in [0.15, 0.2) is 60.7 Å². The van der Waals surface area contributed by atoms with Crippen LogP contribution in [0.25, 0.3) is 0 Å². The molecule has 1 atom stereocenters. The van der Waals surface area contributed by atoms with Crippen molar-refractivity contribution < 1.29 is 9.84 Å². The van der Waals surface area contributed by atoms with Crippen molar-refractivity contribution in [3.8, 4) is 0 Å². The van der Waals surface area contributed by atoms with Crippen LogP contribution < -0.4 is 0 Å². The molecule has 0 radical (unpaired) electrons. The van der Waals surface area contributed by atoms with E-state index in [2.05, 4.69) is 72.6 Å². The molecule has 27 heavy (non-hydrogen) atoms. The molecule has 2 aliphatic rings. The molecule has 1 N–H and O–H groups in total. The van der Waals surface area contributed by atoms with Crippen molar-refractivity contribution in [1.82, 2.24) is 4.90 Å². The van der Waals surface area contributed by atoms with Gasteiger partial charge in [-0.3, -0.25) is 0 Å². The molecule has 4 rings (SSSR count). The number of nitrogens with zero attached hydrogens (tertiary/aromatic N) is 1. The maximum atomic E-state index is 10.0. The first-order chi connectivity index (χ1) is 13.2. The lowest BCUT2D eigenvalue weighted by atomic mass is 9.80. The molecular formula is C24H31NO2. The zero-order chi connectivity index (χ0) is 18.7. The van der Waals surface area contributed by atoms with Gasteiger partial charge in [0.15, 0.2) is 0 Å². The Balaban J connectivity index is 1.50. The van der Waals surface area contributed by atoms with E-state index in [1.807, 2.05) is 0 Å². The number of hydrogen-bond donors (Lipinski definition) is 1. The Kier molecular flexibility index (Phi) is 5.36. The van der Waals surface area contributed by atoms with E-state index in [1.54, 1.807) is 0 Å². The summed E-state index contributed by atoms with van der Waals surface area (Å²) in [6.45, 7) is 3.81. The van der Waals surface area contributed by atoms with Crippen molar-refractivity contribution in [2.75, 3.05) is 40.0 Å². The van der Waals surface area contributed by atoms with Crippen LogP contribution in [-0.2, 0) is 10.2 Å². The van der Waals surface area contributed by atoms with Gasteiger partial charge < -0.3 is 14.7 Å². The van der Waals surface area contributed by atoms with Crippen LogP contribution in [0.3, 0.4) is 0 Å². The Labute approximate surface area is 163 Å². The summed E-state index contributed by atoms with van der Waals surface area (Å²) >= 11 is 0. The molecule has 0 amide bonds. The monoisotopic (exact) mass is 365 g/mol. The predicted molar refractivity (Wildman–Crippen MR) is 109 cm³/mol. The molecular weight excluding hydrogens is 334 g/mol. The van der Waals surface area contributed by atoms with Gasteiger partial charge in [0.05, 0.1) is 6.61 Å². The fourth-order valence-electron chi connectivity index (χ4n) is 5.08. The van der Waals surface area contributed by atoms with E-state index >= 15 is 0 Å². The molecule has 2 fully saturated rings. The van der Waals surface area contributed by atoms with Crippen LogP contribution in [0.4, 0.5) is 0 Å². The summed E-state index contributed by atoms with van der Waals surface area (Å²) < 4.78 is 5.52. The Hall–Kier alpha value is -1.68. The van der Waals surface area contributed by atoms with E-state index in [9.17, 15) is 5.11 Å². The molecule has 2 aromatic rings. The molecule has 0 bridgehead atoms. The molecule has 3 nitrogen and oxygen atoms in total. The number of aliphatic hydroxyl groups is 1.